The van der Waals surface area contributed by atoms with Gasteiger partial charge in [-0.25, -0.2) is 4.98 Å². The van der Waals surface area contributed by atoms with Gasteiger partial charge in [0.1, 0.15) is 17.0 Å². The van der Waals surface area contributed by atoms with Gasteiger partial charge >= 0.3 is 0 Å². The van der Waals surface area contributed by atoms with E-state index in [-0.39, 0.29) is 0 Å². The number of nitriles is 1. The molecular formula is C28H24N6O2. The minimum atomic E-state index is 0.476. The van der Waals surface area contributed by atoms with Crippen LogP contribution in [-0.4, -0.2) is 34.0 Å². The second-order valence-electron chi connectivity index (χ2n) is 8.17. The predicted octanol–water partition coefficient (Wildman–Crippen LogP) is 5.04. The summed E-state index contributed by atoms with van der Waals surface area (Å²) in [6, 6.07) is 23.1. The molecule has 1 N–H and O–H groups in total. The molecule has 0 spiro atoms. The van der Waals surface area contributed by atoms with Gasteiger partial charge in [-0.05, 0) is 42.5 Å². The fourth-order valence-corrected chi connectivity index (χ4v) is 4.01. The van der Waals surface area contributed by atoms with Crippen LogP contribution < -0.4 is 14.8 Å². The Morgan fingerprint density at radius 3 is 2.69 bits per heavy atom. The van der Waals surface area contributed by atoms with E-state index >= 15 is 0 Å². The zero-order chi connectivity index (χ0) is 24.9. The SMILES string of the molecule is COc1ccc(CNc2nc(-c3cccc(C#N)c3)cc3cn(Cc4ccccn4)nc23)c(OC)c1. The van der Waals surface area contributed by atoms with Crippen molar-refractivity contribution in [2.45, 2.75) is 13.1 Å². The van der Waals surface area contributed by atoms with Crippen molar-refractivity contribution >= 4 is 16.7 Å². The van der Waals surface area contributed by atoms with Crippen molar-refractivity contribution < 1.29 is 9.47 Å². The van der Waals surface area contributed by atoms with Crippen molar-refractivity contribution in [2.75, 3.05) is 19.5 Å². The first kappa shape index (κ1) is 22.9. The zero-order valence-corrected chi connectivity index (χ0v) is 20.0. The van der Waals surface area contributed by atoms with E-state index in [1.165, 1.54) is 0 Å². The summed E-state index contributed by atoms with van der Waals surface area (Å²) in [6.45, 7) is 1.02. The molecule has 178 valence electrons. The van der Waals surface area contributed by atoms with Crippen molar-refractivity contribution in [1.29, 1.82) is 5.26 Å². The molecule has 0 saturated carbocycles. The van der Waals surface area contributed by atoms with Gasteiger partial charge in [0.15, 0.2) is 5.82 Å². The number of ether oxygens (including phenoxy) is 2. The van der Waals surface area contributed by atoms with E-state index in [1.807, 2.05) is 71.5 Å². The van der Waals surface area contributed by atoms with E-state index in [0.29, 0.717) is 24.5 Å². The van der Waals surface area contributed by atoms with Crippen LogP contribution in [0, 0.1) is 11.3 Å². The Morgan fingerprint density at radius 2 is 1.92 bits per heavy atom. The van der Waals surface area contributed by atoms with Crippen molar-refractivity contribution in [1.82, 2.24) is 19.7 Å². The highest BCUT2D eigenvalue weighted by Crippen LogP contribution is 2.30. The molecule has 36 heavy (non-hydrogen) atoms. The predicted molar refractivity (Wildman–Crippen MR) is 138 cm³/mol. The number of pyridine rings is 2. The molecule has 0 radical (unpaired) electrons. The molecule has 0 saturated heterocycles. The maximum atomic E-state index is 9.35. The molecular weight excluding hydrogens is 452 g/mol. The van der Waals surface area contributed by atoms with Crippen LogP contribution in [0.15, 0.2) is 79.1 Å². The molecule has 0 fully saturated rings. The van der Waals surface area contributed by atoms with Gasteiger partial charge in [-0.15, -0.1) is 0 Å². The molecule has 5 rings (SSSR count). The van der Waals surface area contributed by atoms with Crippen LogP contribution in [0.2, 0.25) is 0 Å². The maximum Gasteiger partial charge on any atom is 0.155 e. The van der Waals surface area contributed by atoms with Crippen LogP contribution in [0.3, 0.4) is 0 Å². The highest BCUT2D eigenvalue weighted by Gasteiger charge is 2.14. The Labute approximate surface area is 208 Å². The molecule has 0 bridgehead atoms. The minimum Gasteiger partial charge on any atom is -0.497 e. The van der Waals surface area contributed by atoms with E-state index in [1.54, 1.807) is 26.5 Å². The minimum absolute atomic E-state index is 0.476. The van der Waals surface area contributed by atoms with Crippen molar-refractivity contribution in [3.63, 3.8) is 0 Å². The molecule has 2 aromatic carbocycles. The lowest BCUT2D eigenvalue weighted by Crippen LogP contribution is -2.05. The molecule has 0 unspecified atom stereocenters. The highest BCUT2D eigenvalue weighted by atomic mass is 16.5. The average molecular weight is 477 g/mol. The fraction of sp³-hybridized carbons (Fsp3) is 0.143. The van der Waals surface area contributed by atoms with E-state index < -0.39 is 0 Å². The van der Waals surface area contributed by atoms with Crippen molar-refractivity contribution in [3.8, 4) is 28.8 Å². The summed E-state index contributed by atoms with van der Waals surface area (Å²) < 4.78 is 12.7. The summed E-state index contributed by atoms with van der Waals surface area (Å²) in [5.41, 5.74) is 4.81. The Hall–Kier alpha value is -4.90. The smallest absolute Gasteiger partial charge is 0.155 e. The van der Waals surface area contributed by atoms with Gasteiger partial charge in [-0.2, -0.15) is 10.4 Å². The molecule has 0 amide bonds. The van der Waals surface area contributed by atoms with Gasteiger partial charge in [-0.1, -0.05) is 18.2 Å². The summed E-state index contributed by atoms with van der Waals surface area (Å²) in [6.07, 6.45) is 3.76. The van der Waals surface area contributed by atoms with Crippen LogP contribution in [0.4, 0.5) is 5.82 Å². The fourth-order valence-electron chi connectivity index (χ4n) is 4.01. The Balaban J connectivity index is 1.54. The standard InChI is InChI=1S/C28H24N6O2/c1-35-24-10-9-21(26(14-24)36-2)16-31-28-27-22(17-34(33-27)18-23-8-3-4-11-30-23)13-25(32-28)20-7-5-6-19(12-20)15-29/h3-14,17H,16,18H2,1-2H3,(H,31,32). The lowest BCUT2D eigenvalue weighted by molar-refractivity contribution is 0.391. The van der Waals surface area contributed by atoms with Gasteiger partial charge in [-0.3, -0.25) is 9.67 Å². The largest absolute Gasteiger partial charge is 0.497 e. The van der Waals surface area contributed by atoms with Crippen LogP contribution in [0.25, 0.3) is 22.2 Å². The number of anilines is 1. The number of rotatable bonds is 8. The Morgan fingerprint density at radius 1 is 1.00 bits per heavy atom. The molecule has 0 aliphatic carbocycles. The second-order valence-corrected chi connectivity index (χ2v) is 8.17. The summed E-state index contributed by atoms with van der Waals surface area (Å²) in [4.78, 5) is 9.31. The Bertz CT molecular complexity index is 1560. The lowest BCUT2D eigenvalue weighted by Gasteiger charge is -2.13. The third-order valence-electron chi connectivity index (χ3n) is 5.82. The van der Waals surface area contributed by atoms with Gasteiger partial charge in [0.25, 0.3) is 0 Å². The number of methoxy groups -OCH3 is 2. The first-order chi connectivity index (χ1) is 17.7. The molecule has 0 aliphatic rings. The first-order valence-corrected chi connectivity index (χ1v) is 11.4. The maximum absolute atomic E-state index is 9.35. The van der Waals surface area contributed by atoms with Gasteiger partial charge in [0.2, 0.25) is 0 Å². The van der Waals surface area contributed by atoms with Gasteiger partial charge in [0.05, 0.1) is 43.8 Å². The second kappa shape index (κ2) is 10.2. The zero-order valence-electron chi connectivity index (χ0n) is 20.0. The van der Waals surface area contributed by atoms with Crippen LogP contribution in [0.1, 0.15) is 16.8 Å². The molecule has 0 atom stereocenters. The number of hydrogen-bond donors (Lipinski definition) is 1. The number of fused-ring (bicyclic) bond motifs is 1. The lowest BCUT2D eigenvalue weighted by atomic mass is 10.1. The Kier molecular flexibility index (Phi) is 6.45. The summed E-state index contributed by atoms with van der Waals surface area (Å²) in [5.74, 6) is 2.09. The number of nitrogens with zero attached hydrogens (tertiary/aromatic N) is 5. The quantitative estimate of drug-likeness (QED) is 0.335. The van der Waals surface area contributed by atoms with Gasteiger partial charge < -0.3 is 14.8 Å². The number of hydrogen-bond acceptors (Lipinski definition) is 7. The number of nitrogens with one attached hydrogen (secondary N) is 1. The van der Waals surface area contributed by atoms with Crippen molar-refractivity contribution in [2.24, 2.45) is 0 Å². The monoisotopic (exact) mass is 476 g/mol. The van der Waals surface area contributed by atoms with Crippen LogP contribution in [-0.2, 0) is 13.1 Å². The molecule has 0 aliphatic heterocycles. The van der Waals surface area contributed by atoms with Crippen molar-refractivity contribution in [3.05, 3.63) is 95.9 Å². The summed E-state index contributed by atoms with van der Waals surface area (Å²) in [5, 5.41) is 18.5. The number of aromatic nitrogens is 4. The normalized spacial score (nSPS) is 10.7. The molecule has 5 aromatic rings. The average Bonchev–Trinajstić information content (AvgIpc) is 3.34. The third-order valence-corrected chi connectivity index (χ3v) is 5.82. The van der Waals surface area contributed by atoms with Gasteiger partial charge in [0, 0.05) is 41.5 Å². The van der Waals surface area contributed by atoms with E-state index in [2.05, 4.69) is 16.4 Å². The van der Waals surface area contributed by atoms with E-state index in [9.17, 15) is 5.26 Å². The summed E-state index contributed by atoms with van der Waals surface area (Å²) >= 11 is 0. The molecule has 3 aromatic heterocycles. The van der Waals surface area contributed by atoms with Crippen LogP contribution >= 0.6 is 0 Å². The topological polar surface area (TPSA) is 97.9 Å². The third kappa shape index (κ3) is 4.81. The summed E-state index contributed by atoms with van der Waals surface area (Å²) in [7, 11) is 3.26. The number of benzene rings is 2. The molecule has 3 heterocycles. The molecule has 8 nitrogen and oxygen atoms in total. The van der Waals surface area contributed by atoms with Crippen LogP contribution in [0.5, 0.6) is 11.5 Å². The highest BCUT2D eigenvalue weighted by molar-refractivity contribution is 5.91. The molecule has 8 heteroatoms. The van der Waals surface area contributed by atoms with E-state index in [0.717, 1.165) is 44.9 Å². The first-order valence-electron chi connectivity index (χ1n) is 11.4. The van der Waals surface area contributed by atoms with E-state index in [4.69, 9.17) is 19.6 Å².